The van der Waals surface area contributed by atoms with Crippen LogP contribution in [-0.2, 0) is 20.3 Å². The van der Waals surface area contributed by atoms with E-state index >= 15 is 0 Å². The standard InChI is InChI=1S/C13H15NO3S/c1-10-13(6-7-17-10)18(15,16)9-12-5-3-2-4-11(12)8-14/h2-5,10,13H,6-7,9H2,1H3. The van der Waals surface area contributed by atoms with E-state index in [4.69, 9.17) is 10.00 Å². The van der Waals surface area contributed by atoms with E-state index < -0.39 is 15.1 Å². The molecule has 1 aliphatic heterocycles. The number of hydrogen-bond donors (Lipinski definition) is 0. The average Bonchev–Trinajstić information content (AvgIpc) is 2.76. The summed E-state index contributed by atoms with van der Waals surface area (Å²) in [5.41, 5.74) is 0.992. The lowest BCUT2D eigenvalue weighted by atomic mass is 10.1. The normalized spacial score (nSPS) is 23.8. The van der Waals surface area contributed by atoms with Crippen LogP contribution in [0.3, 0.4) is 0 Å². The van der Waals surface area contributed by atoms with Crippen molar-refractivity contribution in [3.05, 3.63) is 35.4 Å². The lowest BCUT2D eigenvalue weighted by Gasteiger charge is -2.15. The Morgan fingerprint density at radius 1 is 1.44 bits per heavy atom. The SMILES string of the molecule is CC1OCCC1S(=O)(=O)Cc1ccccc1C#N. The van der Waals surface area contributed by atoms with Crippen LogP contribution in [0.4, 0.5) is 0 Å². The Hall–Kier alpha value is -1.38. The molecule has 0 radical (unpaired) electrons. The molecule has 1 heterocycles. The van der Waals surface area contributed by atoms with Gasteiger partial charge in [-0.1, -0.05) is 18.2 Å². The van der Waals surface area contributed by atoms with Gasteiger partial charge in [-0.25, -0.2) is 8.42 Å². The van der Waals surface area contributed by atoms with E-state index in [9.17, 15) is 8.42 Å². The van der Waals surface area contributed by atoms with Crippen molar-refractivity contribution in [1.29, 1.82) is 5.26 Å². The van der Waals surface area contributed by atoms with E-state index in [2.05, 4.69) is 0 Å². The molecule has 2 atom stereocenters. The quantitative estimate of drug-likeness (QED) is 0.833. The summed E-state index contributed by atoms with van der Waals surface area (Å²) >= 11 is 0. The highest BCUT2D eigenvalue weighted by atomic mass is 32.2. The number of sulfone groups is 1. The Kier molecular flexibility index (Phi) is 3.69. The molecular weight excluding hydrogens is 250 g/mol. The van der Waals surface area contributed by atoms with Crippen LogP contribution in [0.25, 0.3) is 0 Å². The Balaban J connectivity index is 2.26. The van der Waals surface area contributed by atoms with Gasteiger partial charge in [0.05, 0.1) is 28.7 Å². The summed E-state index contributed by atoms with van der Waals surface area (Å²) in [5.74, 6) is -0.0882. The van der Waals surface area contributed by atoms with Gasteiger partial charge >= 0.3 is 0 Å². The zero-order valence-corrected chi connectivity index (χ0v) is 11.0. The fourth-order valence-corrected chi connectivity index (χ4v) is 4.28. The number of nitrogens with zero attached hydrogens (tertiary/aromatic N) is 1. The van der Waals surface area contributed by atoms with E-state index in [-0.39, 0.29) is 11.9 Å². The van der Waals surface area contributed by atoms with Crippen molar-refractivity contribution in [3.8, 4) is 6.07 Å². The van der Waals surface area contributed by atoms with E-state index in [0.717, 1.165) is 0 Å². The summed E-state index contributed by atoms with van der Waals surface area (Å²) in [4.78, 5) is 0. The zero-order valence-electron chi connectivity index (χ0n) is 10.2. The summed E-state index contributed by atoms with van der Waals surface area (Å²) in [6.07, 6.45) is 0.280. The predicted octanol–water partition coefficient (Wildman–Crippen LogP) is 1.65. The third kappa shape index (κ3) is 2.55. The van der Waals surface area contributed by atoms with Crippen LogP contribution >= 0.6 is 0 Å². The number of rotatable bonds is 3. The topological polar surface area (TPSA) is 67.2 Å². The van der Waals surface area contributed by atoms with Gasteiger partial charge in [0.15, 0.2) is 9.84 Å². The molecule has 0 saturated carbocycles. The molecule has 0 N–H and O–H groups in total. The lowest BCUT2D eigenvalue weighted by molar-refractivity contribution is 0.126. The first-order valence-corrected chi connectivity index (χ1v) is 7.57. The predicted molar refractivity (Wildman–Crippen MR) is 67.6 cm³/mol. The highest BCUT2D eigenvalue weighted by molar-refractivity contribution is 7.91. The minimum atomic E-state index is -3.27. The van der Waals surface area contributed by atoms with E-state index in [0.29, 0.717) is 24.2 Å². The van der Waals surface area contributed by atoms with Crippen molar-refractivity contribution in [2.45, 2.75) is 30.5 Å². The number of ether oxygens (including phenoxy) is 1. The van der Waals surface area contributed by atoms with Crippen molar-refractivity contribution in [1.82, 2.24) is 0 Å². The molecule has 1 saturated heterocycles. The van der Waals surface area contributed by atoms with Crippen molar-refractivity contribution in [2.24, 2.45) is 0 Å². The average molecular weight is 265 g/mol. The number of benzene rings is 1. The highest BCUT2D eigenvalue weighted by Crippen LogP contribution is 2.24. The van der Waals surface area contributed by atoms with Crippen LogP contribution in [0.2, 0.25) is 0 Å². The largest absolute Gasteiger partial charge is 0.377 e. The van der Waals surface area contributed by atoms with Crippen LogP contribution in [0, 0.1) is 11.3 Å². The van der Waals surface area contributed by atoms with Crippen LogP contribution in [-0.4, -0.2) is 26.4 Å². The maximum Gasteiger partial charge on any atom is 0.159 e. The van der Waals surface area contributed by atoms with Crippen molar-refractivity contribution in [2.75, 3.05) is 6.61 Å². The van der Waals surface area contributed by atoms with Crippen molar-refractivity contribution >= 4 is 9.84 Å². The lowest BCUT2D eigenvalue weighted by Crippen LogP contribution is -2.29. The third-order valence-electron chi connectivity index (χ3n) is 3.26. The summed E-state index contributed by atoms with van der Waals surface area (Å²) in [6, 6.07) is 8.84. The van der Waals surface area contributed by atoms with E-state index in [1.807, 2.05) is 6.07 Å². The monoisotopic (exact) mass is 265 g/mol. The molecule has 2 unspecified atom stereocenters. The molecule has 1 aromatic carbocycles. The van der Waals surface area contributed by atoms with Gasteiger partial charge in [0.25, 0.3) is 0 Å². The molecule has 5 heteroatoms. The maximum atomic E-state index is 12.3. The highest BCUT2D eigenvalue weighted by Gasteiger charge is 2.35. The maximum absolute atomic E-state index is 12.3. The second-order valence-electron chi connectivity index (χ2n) is 4.48. The smallest absolute Gasteiger partial charge is 0.159 e. The van der Waals surface area contributed by atoms with E-state index in [1.165, 1.54) is 0 Å². The molecule has 2 rings (SSSR count). The Bertz CT molecular complexity index is 574. The molecule has 1 fully saturated rings. The zero-order chi connectivity index (χ0) is 13.2. The minimum Gasteiger partial charge on any atom is -0.377 e. The summed E-state index contributed by atoms with van der Waals surface area (Å²) < 4.78 is 29.9. The fraction of sp³-hybridized carbons (Fsp3) is 0.462. The van der Waals surface area contributed by atoms with Gasteiger partial charge in [0.1, 0.15) is 0 Å². The van der Waals surface area contributed by atoms with Crippen molar-refractivity contribution < 1.29 is 13.2 Å². The Morgan fingerprint density at radius 3 is 2.78 bits per heavy atom. The van der Waals surface area contributed by atoms with Crippen LogP contribution in [0.1, 0.15) is 24.5 Å². The summed E-state index contributed by atoms with van der Waals surface area (Å²) in [5, 5.41) is 8.51. The number of nitriles is 1. The Morgan fingerprint density at radius 2 is 2.17 bits per heavy atom. The van der Waals surface area contributed by atoms with Gasteiger partial charge < -0.3 is 4.74 Å². The molecule has 0 aromatic heterocycles. The first-order chi connectivity index (χ1) is 8.54. The summed E-state index contributed by atoms with van der Waals surface area (Å²) in [7, 11) is -3.27. The first-order valence-electron chi connectivity index (χ1n) is 5.86. The number of hydrogen-bond acceptors (Lipinski definition) is 4. The minimum absolute atomic E-state index is 0.0882. The molecule has 0 spiro atoms. The molecule has 0 aliphatic carbocycles. The van der Waals surface area contributed by atoms with Gasteiger partial charge in [-0.15, -0.1) is 0 Å². The molecule has 0 bridgehead atoms. The van der Waals surface area contributed by atoms with Gasteiger partial charge in [-0.05, 0) is 25.0 Å². The first kappa shape index (κ1) is 13.1. The van der Waals surface area contributed by atoms with Crippen LogP contribution < -0.4 is 0 Å². The fourth-order valence-electron chi connectivity index (χ4n) is 2.26. The van der Waals surface area contributed by atoms with Crippen LogP contribution in [0.5, 0.6) is 0 Å². The Labute approximate surface area is 107 Å². The summed E-state index contributed by atoms with van der Waals surface area (Å²) in [6.45, 7) is 2.27. The van der Waals surface area contributed by atoms with Gasteiger partial charge in [0.2, 0.25) is 0 Å². The van der Waals surface area contributed by atoms with Gasteiger partial charge in [0, 0.05) is 6.61 Å². The molecule has 96 valence electrons. The second kappa shape index (κ2) is 5.09. The second-order valence-corrected chi connectivity index (χ2v) is 6.70. The third-order valence-corrected chi connectivity index (χ3v) is 5.52. The molecule has 4 nitrogen and oxygen atoms in total. The van der Waals surface area contributed by atoms with E-state index in [1.54, 1.807) is 31.2 Å². The van der Waals surface area contributed by atoms with Gasteiger partial charge in [-0.3, -0.25) is 0 Å². The molecule has 0 amide bonds. The molecule has 18 heavy (non-hydrogen) atoms. The molecular formula is C13H15NO3S. The van der Waals surface area contributed by atoms with Crippen LogP contribution in [0.15, 0.2) is 24.3 Å². The molecule has 1 aliphatic rings. The van der Waals surface area contributed by atoms with Gasteiger partial charge in [-0.2, -0.15) is 5.26 Å². The molecule has 1 aromatic rings. The van der Waals surface area contributed by atoms with Crippen molar-refractivity contribution in [3.63, 3.8) is 0 Å².